The Kier molecular flexibility index (Phi) is 8.22. The zero-order valence-electron chi connectivity index (χ0n) is 27.7. The highest BCUT2D eigenvalue weighted by molar-refractivity contribution is 6.00. The molecule has 6 aromatic rings. The van der Waals surface area contributed by atoms with Crippen molar-refractivity contribution >= 4 is 32.9 Å². The Morgan fingerprint density at radius 3 is 1.27 bits per heavy atom. The topological polar surface area (TPSA) is 123 Å². The van der Waals surface area contributed by atoms with Crippen molar-refractivity contribution in [3.63, 3.8) is 0 Å². The summed E-state index contributed by atoms with van der Waals surface area (Å²) in [6.07, 6.45) is 0.860. The molecule has 248 valence electrons. The second-order valence-electron chi connectivity index (χ2n) is 12.4. The Morgan fingerprint density at radius 2 is 0.917 bits per heavy atom. The fourth-order valence-electron chi connectivity index (χ4n) is 7.65. The smallest absolute Gasteiger partial charge is 0.274 e. The summed E-state index contributed by atoms with van der Waals surface area (Å²) < 4.78 is 2.93. The van der Waals surface area contributed by atoms with E-state index in [1.165, 1.54) is 9.36 Å². The van der Waals surface area contributed by atoms with Gasteiger partial charge in [0, 0.05) is 94.5 Å². The molecule has 0 amide bonds. The third kappa shape index (κ3) is 4.78. The first-order valence-corrected chi connectivity index (χ1v) is 16.8. The molecule has 10 nitrogen and oxygen atoms in total. The molecule has 0 spiro atoms. The molecule has 10 heteroatoms. The second-order valence-corrected chi connectivity index (χ2v) is 12.4. The van der Waals surface area contributed by atoms with Crippen molar-refractivity contribution < 1.29 is 10.2 Å². The summed E-state index contributed by atoms with van der Waals surface area (Å²) in [6, 6.07) is 23.9. The summed E-state index contributed by atoms with van der Waals surface area (Å²) in [5.74, 6) is -1.70. The number of benzene rings is 4. The van der Waals surface area contributed by atoms with Gasteiger partial charge in [-0.25, -0.2) is 9.36 Å². The molecule has 7 rings (SSSR count). The lowest BCUT2D eigenvalue weighted by atomic mass is 9.64. The summed E-state index contributed by atoms with van der Waals surface area (Å²) in [5, 5.41) is 32.8. The number of nitrogens with zero attached hydrogens (tertiary/aromatic N) is 4. The van der Waals surface area contributed by atoms with Crippen molar-refractivity contribution in [2.75, 3.05) is 36.0 Å². The minimum Gasteiger partial charge on any atom is -0.392 e. The number of nitrogens with one attached hydrogen (secondary N) is 2. The molecular weight excluding hydrogens is 604 g/mol. The molecule has 2 heterocycles. The highest BCUT2D eigenvalue weighted by atomic mass is 16.3. The zero-order chi connectivity index (χ0) is 33.7. The van der Waals surface area contributed by atoms with Crippen molar-refractivity contribution in [1.82, 2.24) is 19.6 Å². The maximum absolute atomic E-state index is 13.8. The van der Waals surface area contributed by atoms with Crippen molar-refractivity contribution in [2.45, 2.75) is 51.7 Å². The summed E-state index contributed by atoms with van der Waals surface area (Å²) in [5.41, 5.74) is 3.42. The van der Waals surface area contributed by atoms with Crippen LogP contribution in [0.4, 0.5) is 11.4 Å². The van der Waals surface area contributed by atoms with Gasteiger partial charge in [-0.15, -0.1) is 0 Å². The first-order chi connectivity index (χ1) is 23.3. The maximum Gasteiger partial charge on any atom is 0.274 e. The van der Waals surface area contributed by atoms with E-state index in [-0.39, 0.29) is 22.2 Å². The average molecular weight is 647 g/mol. The molecule has 0 unspecified atom stereocenters. The lowest BCUT2D eigenvalue weighted by Gasteiger charge is -2.45. The lowest BCUT2D eigenvalue weighted by Crippen LogP contribution is -2.54. The minimum atomic E-state index is -1.13. The molecule has 4 N–H and O–H groups in total. The molecule has 4 aromatic carbocycles. The number of aliphatic hydroxyl groups is 2. The minimum absolute atomic E-state index is 0.275. The number of fused-ring (bicyclic) bond motifs is 2. The number of aromatic amines is 2. The summed E-state index contributed by atoms with van der Waals surface area (Å²) in [7, 11) is 0. The highest BCUT2D eigenvalue weighted by Gasteiger charge is 2.53. The highest BCUT2D eigenvalue weighted by Crippen LogP contribution is 2.46. The summed E-state index contributed by atoms with van der Waals surface area (Å²) in [6.45, 7) is 11.9. The molecule has 2 aromatic heterocycles. The van der Waals surface area contributed by atoms with Crippen molar-refractivity contribution in [1.29, 1.82) is 0 Å². The molecule has 1 fully saturated rings. The van der Waals surface area contributed by atoms with Crippen molar-refractivity contribution in [3.8, 4) is 11.4 Å². The first-order valence-electron chi connectivity index (χ1n) is 16.8. The van der Waals surface area contributed by atoms with Crippen LogP contribution in [-0.2, 0) is 0 Å². The van der Waals surface area contributed by atoms with E-state index < -0.39 is 24.0 Å². The van der Waals surface area contributed by atoms with Crippen LogP contribution in [0.1, 0.15) is 50.7 Å². The molecule has 1 aliphatic rings. The van der Waals surface area contributed by atoms with E-state index in [9.17, 15) is 19.8 Å². The largest absolute Gasteiger partial charge is 0.392 e. The van der Waals surface area contributed by atoms with Gasteiger partial charge >= 0.3 is 0 Å². The van der Waals surface area contributed by atoms with Gasteiger partial charge in [0.15, 0.2) is 0 Å². The molecule has 0 saturated heterocycles. The summed E-state index contributed by atoms with van der Waals surface area (Å²) >= 11 is 0. The van der Waals surface area contributed by atoms with Crippen LogP contribution in [0, 0.1) is 0 Å². The molecule has 1 aliphatic carbocycles. The van der Waals surface area contributed by atoms with Gasteiger partial charge in [-0.05, 0) is 52.0 Å². The standard InChI is InChI=1S/C38H42N6O4/c1-5-41(6-2)29-17-19-31(25-15-11-9-13-23(25)29)43-37(47)27(21-39-43)33-35(45)34(36(33)46)28-22-40-44(38(28)48)32-20-18-30(42(7-3)8-4)24-14-10-12-16-26(24)32/h9-22,33-36,39-40,45-46H,5-8H2,1-4H3. The van der Waals surface area contributed by atoms with Gasteiger partial charge in [-0.2, -0.15) is 0 Å². The van der Waals surface area contributed by atoms with E-state index in [4.69, 9.17) is 0 Å². The van der Waals surface area contributed by atoms with Gasteiger partial charge in [0.2, 0.25) is 0 Å². The number of aromatic nitrogens is 4. The van der Waals surface area contributed by atoms with Gasteiger partial charge in [0.25, 0.3) is 11.1 Å². The molecule has 48 heavy (non-hydrogen) atoms. The predicted molar refractivity (Wildman–Crippen MR) is 192 cm³/mol. The zero-order valence-corrected chi connectivity index (χ0v) is 27.7. The maximum atomic E-state index is 13.8. The van der Waals surface area contributed by atoms with E-state index in [0.717, 1.165) is 59.1 Å². The molecule has 0 atom stereocenters. The van der Waals surface area contributed by atoms with Crippen molar-refractivity contribution in [3.05, 3.63) is 117 Å². The number of hydrogen-bond donors (Lipinski definition) is 4. The average Bonchev–Trinajstić information content (AvgIpc) is 3.67. The number of rotatable bonds is 10. The number of anilines is 2. The number of hydrogen-bond acceptors (Lipinski definition) is 6. The molecular formula is C38H42N6O4. The Morgan fingerprint density at radius 1 is 0.562 bits per heavy atom. The quantitative estimate of drug-likeness (QED) is 0.161. The van der Waals surface area contributed by atoms with E-state index in [2.05, 4.69) is 59.8 Å². The van der Waals surface area contributed by atoms with Crippen molar-refractivity contribution in [2.24, 2.45) is 0 Å². The van der Waals surface area contributed by atoms with Gasteiger partial charge in [-0.1, -0.05) is 48.5 Å². The number of H-pyrrole nitrogens is 2. The monoisotopic (exact) mass is 646 g/mol. The Balaban J connectivity index is 1.20. The van der Waals surface area contributed by atoms with E-state index in [0.29, 0.717) is 11.4 Å². The SMILES string of the molecule is CCN(CC)c1ccc(-n2[nH]cc(C3C(O)C(c4c[nH]n(-c5ccc(N(CC)CC)c6ccccc56)c4=O)C3O)c2=O)c2ccccc12. The van der Waals surface area contributed by atoms with Crippen LogP contribution in [-0.4, -0.2) is 68.2 Å². The van der Waals surface area contributed by atoms with E-state index in [1.54, 1.807) is 12.4 Å². The number of aliphatic hydroxyl groups excluding tert-OH is 2. The predicted octanol–water partition coefficient (Wildman–Crippen LogP) is 5.25. The molecule has 0 aliphatic heterocycles. The summed E-state index contributed by atoms with van der Waals surface area (Å²) in [4.78, 5) is 32.2. The van der Waals surface area contributed by atoms with Crippen LogP contribution >= 0.6 is 0 Å². The van der Waals surface area contributed by atoms with Gasteiger partial charge in [0.05, 0.1) is 23.6 Å². The third-order valence-corrected chi connectivity index (χ3v) is 10.2. The van der Waals surface area contributed by atoms with E-state index in [1.807, 2.05) is 60.7 Å². The van der Waals surface area contributed by atoms with Crippen LogP contribution in [0.2, 0.25) is 0 Å². The molecule has 0 bridgehead atoms. The van der Waals surface area contributed by atoms with Crippen LogP contribution in [0.25, 0.3) is 32.9 Å². The fourth-order valence-corrected chi connectivity index (χ4v) is 7.65. The third-order valence-electron chi connectivity index (χ3n) is 10.2. The van der Waals surface area contributed by atoms with Gasteiger partial charge in [-0.3, -0.25) is 19.8 Å². The fraction of sp³-hybridized carbons (Fsp3) is 0.316. The Hall–Kier alpha value is -5.06. The first kappa shape index (κ1) is 31.5. The van der Waals surface area contributed by atoms with Gasteiger partial charge in [0.1, 0.15) is 0 Å². The lowest BCUT2D eigenvalue weighted by molar-refractivity contribution is -0.0792. The van der Waals surface area contributed by atoms with Crippen LogP contribution in [0.3, 0.4) is 0 Å². The van der Waals surface area contributed by atoms with E-state index >= 15 is 0 Å². The normalized spacial score (nSPS) is 19.1. The Labute approximate surface area is 278 Å². The molecule has 1 saturated carbocycles. The van der Waals surface area contributed by atoms with Crippen LogP contribution in [0.15, 0.2) is 94.8 Å². The van der Waals surface area contributed by atoms with Gasteiger partial charge < -0.3 is 20.0 Å². The van der Waals surface area contributed by atoms with Crippen LogP contribution < -0.4 is 20.9 Å². The van der Waals surface area contributed by atoms with Crippen LogP contribution in [0.5, 0.6) is 0 Å². The Bertz CT molecular complexity index is 2050. The molecule has 0 radical (unpaired) electrons. The second kappa shape index (κ2) is 12.5.